The summed E-state index contributed by atoms with van der Waals surface area (Å²) in [6, 6.07) is 0.244. The van der Waals surface area contributed by atoms with Crippen molar-refractivity contribution < 1.29 is 4.74 Å². The smallest absolute Gasteiger partial charge is 0.0777 e. The number of aromatic nitrogens is 2. The highest BCUT2D eigenvalue weighted by Gasteiger charge is 2.34. The van der Waals surface area contributed by atoms with Gasteiger partial charge >= 0.3 is 0 Å². The normalized spacial score (nSPS) is 27.3. The first kappa shape index (κ1) is 13.5. The molecule has 1 aromatic heterocycles. The maximum absolute atomic E-state index is 5.96. The summed E-state index contributed by atoms with van der Waals surface area (Å²) in [7, 11) is 3.73. The Labute approximate surface area is 109 Å². The predicted molar refractivity (Wildman–Crippen MR) is 71.2 cm³/mol. The van der Waals surface area contributed by atoms with Gasteiger partial charge in [0, 0.05) is 39.0 Å². The zero-order valence-corrected chi connectivity index (χ0v) is 11.6. The second-order valence-corrected chi connectivity index (χ2v) is 5.43. The summed E-state index contributed by atoms with van der Waals surface area (Å²) >= 11 is 0. The molecule has 0 bridgehead atoms. The lowest BCUT2D eigenvalue weighted by Crippen LogP contribution is -2.49. The highest BCUT2D eigenvalue weighted by molar-refractivity contribution is 5.12. The Kier molecular flexibility index (Phi) is 4.04. The molecule has 0 radical (unpaired) electrons. The maximum atomic E-state index is 5.96. The molecule has 0 saturated carbocycles. The van der Waals surface area contributed by atoms with Crippen LogP contribution in [0, 0.1) is 0 Å². The van der Waals surface area contributed by atoms with Gasteiger partial charge in [-0.3, -0.25) is 9.58 Å². The fourth-order valence-electron chi connectivity index (χ4n) is 2.78. The summed E-state index contributed by atoms with van der Waals surface area (Å²) in [5.41, 5.74) is 7.10. The number of piperidine rings is 1. The molecule has 1 fully saturated rings. The Balaban J connectivity index is 2.13. The Morgan fingerprint density at radius 2 is 2.39 bits per heavy atom. The average Bonchev–Trinajstić information content (AvgIpc) is 2.77. The number of ether oxygens (including phenoxy) is 1. The molecule has 2 unspecified atom stereocenters. The highest BCUT2D eigenvalue weighted by Crippen LogP contribution is 2.29. The van der Waals surface area contributed by atoms with Gasteiger partial charge < -0.3 is 10.5 Å². The molecule has 5 nitrogen and oxygen atoms in total. The van der Waals surface area contributed by atoms with E-state index in [0.717, 1.165) is 25.9 Å². The Morgan fingerprint density at radius 1 is 1.61 bits per heavy atom. The van der Waals surface area contributed by atoms with Crippen molar-refractivity contribution in [3.05, 3.63) is 18.0 Å². The van der Waals surface area contributed by atoms with Crippen LogP contribution in [0.4, 0.5) is 0 Å². The fourth-order valence-corrected chi connectivity index (χ4v) is 2.78. The Morgan fingerprint density at radius 3 is 2.94 bits per heavy atom. The number of hydrogen-bond acceptors (Lipinski definition) is 4. The van der Waals surface area contributed by atoms with Crippen LogP contribution in [0.3, 0.4) is 0 Å². The van der Waals surface area contributed by atoms with Crippen LogP contribution in [0.15, 0.2) is 12.4 Å². The summed E-state index contributed by atoms with van der Waals surface area (Å²) in [5, 5.41) is 4.24. The lowest BCUT2D eigenvalue weighted by atomic mass is 9.92. The van der Waals surface area contributed by atoms with Crippen LogP contribution >= 0.6 is 0 Å². The van der Waals surface area contributed by atoms with E-state index in [1.165, 1.54) is 5.56 Å². The van der Waals surface area contributed by atoms with E-state index >= 15 is 0 Å². The second kappa shape index (κ2) is 5.38. The zero-order valence-electron chi connectivity index (χ0n) is 11.6. The largest absolute Gasteiger partial charge is 0.377 e. The van der Waals surface area contributed by atoms with Crippen molar-refractivity contribution in [3.8, 4) is 0 Å². The number of nitrogens with zero attached hydrogens (tertiary/aromatic N) is 3. The van der Waals surface area contributed by atoms with Crippen molar-refractivity contribution in [2.24, 2.45) is 12.8 Å². The number of nitrogens with two attached hydrogens (primary N) is 1. The van der Waals surface area contributed by atoms with Gasteiger partial charge in [0.2, 0.25) is 0 Å². The lowest BCUT2D eigenvalue weighted by Gasteiger charge is -2.42. The van der Waals surface area contributed by atoms with Gasteiger partial charge in [-0.15, -0.1) is 0 Å². The van der Waals surface area contributed by atoms with Crippen LogP contribution in [0.25, 0.3) is 0 Å². The summed E-state index contributed by atoms with van der Waals surface area (Å²) in [5.74, 6) is 0. The van der Waals surface area contributed by atoms with Crippen molar-refractivity contribution in [2.45, 2.75) is 31.4 Å². The minimum Gasteiger partial charge on any atom is -0.377 e. The monoisotopic (exact) mass is 252 g/mol. The highest BCUT2D eigenvalue weighted by atomic mass is 16.5. The van der Waals surface area contributed by atoms with Crippen LogP contribution < -0.4 is 5.73 Å². The molecule has 1 aliphatic rings. The molecule has 2 N–H and O–H groups in total. The molecule has 2 atom stereocenters. The number of aryl methyl sites for hydroxylation is 1. The van der Waals surface area contributed by atoms with E-state index in [4.69, 9.17) is 10.5 Å². The minimum atomic E-state index is -0.0477. The molecule has 2 rings (SSSR count). The quantitative estimate of drug-likeness (QED) is 0.866. The number of methoxy groups -OCH3 is 1. The standard InChI is InChI=1S/C13H24N4O/c1-13(18-3)5-4-6-17(10-13)12(7-14)11-8-15-16(2)9-11/h8-9,12H,4-7,10,14H2,1-3H3. The molecule has 0 aromatic carbocycles. The van der Waals surface area contributed by atoms with E-state index in [1.807, 2.05) is 17.9 Å². The van der Waals surface area contributed by atoms with Crippen molar-refractivity contribution in [2.75, 3.05) is 26.7 Å². The van der Waals surface area contributed by atoms with E-state index in [2.05, 4.69) is 23.1 Å². The molecule has 0 aliphatic carbocycles. The third kappa shape index (κ3) is 2.74. The first-order chi connectivity index (χ1) is 8.58. The van der Waals surface area contributed by atoms with Gasteiger partial charge in [0.25, 0.3) is 0 Å². The van der Waals surface area contributed by atoms with E-state index in [1.54, 1.807) is 7.11 Å². The van der Waals surface area contributed by atoms with Gasteiger partial charge in [-0.2, -0.15) is 5.10 Å². The third-order valence-corrected chi connectivity index (χ3v) is 3.95. The van der Waals surface area contributed by atoms with Gasteiger partial charge in [-0.1, -0.05) is 0 Å². The van der Waals surface area contributed by atoms with Crippen molar-refractivity contribution in [1.82, 2.24) is 14.7 Å². The molecule has 0 spiro atoms. The minimum absolute atomic E-state index is 0.0477. The average molecular weight is 252 g/mol. The Bertz CT molecular complexity index is 392. The molecule has 1 saturated heterocycles. The summed E-state index contributed by atoms with van der Waals surface area (Å²) in [6.45, 7) is 4.80. The van der Waals surface area contributed by atoms with E-state index in [0.29, 0.717) is 6.54 Å². The third-order valence-electron chi connectivity index (χ3n) is 3.95. The lowest BCUT2D eigenvalue weighted by molar-refractivity contribution is -0.0608. The maximum Gasteiger partial charge on any atom is 0.0777 e. The van der Waals surface area contributed by atoms with Crippen molar-refractivity contribution in [1.29, 1.82) is 0 Å². The van der Waals surface area contributed by atoms with Crippen molar-refractivity contribution in [3.63, 3.8) is 0 Å². The molecule has 1 aliphatic heterocycles. The van der Waals surface area contributed by atoms with Gasteiger partial charge in [-0.05, 0) is 26.3 Å². The van der Waals surface area contributed by atoms with E-state index < -0.39 is 0 Å². The van der Waals surface area contributed by atoms with Crippen LogP contribution in [0.5, 0.6) is 0 Å². The number of likely N-dealkylation sites (tertiary alicyclic amines) is 1. The van der Waals surface area contributed by atoms with Gasteiger partial charge in [0.1, 0.15) is 0 Å². The van der Waals surface area contributed by atoms with E-state index in [-0.39, 0.29) is 11.6 Å². The fraction of sp³-hybridized carbons (Fsp3) is 0.769. The van der Waals surface area contributed by atoms with Crippen LogP contribution in [0.2, 0.25) is 0 Å². The summed E-state index contributed by atoms with van der Waals surface area (Å²) in [4.78, 5) is 2.42. The molecule has 5 heteroatoms. The SMILES string of the molecule is COC1(C)CCCN(C(CN)c2cnn(C)c2)C1. The number of hydrogen-bond donors (Lipinski definition) is 1. The van der Waals surface area contributed by atoms with E-state index in [9.17, 15) is 0 Å². The number of rotatable bonds is 4. The van der Waals surface area contributed by atoms with Gasteiger partial charge in [-0.25, -0.2) is 0 Å². The molecular weight excluding hydrogens is 228 g/mol. The van der Waals surface area contributed by atoms with Crippen LogP contribution in [-0.2, 0) is 11.8 Å². The molecule has 102 valence electrons. The topological polar surface area (TPSA) is 56.3 Å². The summed E-state index contributed by atoms with van der Waals surface area (Å²) < 4.78 is 7.47. The first-order valence-electron chi connectivity index (χ1n) is 6.56. The van der Waals surface area contributed by atoms with Gasteiger partial charge in [0.15, 0.2) is 0 Å². The molecule has 2 heterocycles. The van der Waals surface area contributed by atoms with Crippen molar-refractivity contribution >= 4 is 0 Å². The molecular formula is C13H24N4O. The summed E-state index contributed by atoms with van der Waals surface area (Å²) in [6.07, 6.45) is 6.23. The van der Waals surface area contributed by atoms with Crippen LogP contribution in [0.1, 0.15) is 31.4 Å². The molecule has 18 heavy (non-hydrogen) atoms. The molecule has 0 amide bonds. The second-order valence-electron chi connectivity index (χ2n) is 5.43. The predicted octanol–water partition coefficient (Wildman–Crippen LogP) is 0.921. The molecule has 1 aromatic rings. The Hall–Kier alpha value is -0.910. The zero-order chi connectivity index (χ0) is 13.2. The van der Waals surface area contributed by atoms with Gasteiger partial charge in [0.05, 0.1) is 17.8 Å². The first-order valence-corrected chi connectivity index (χ1v) is 6.56. The van der Waals surface area contributed by atoms with Crippen LogP contribution in [-0.4, -0.2) is 47.0 Å².